The predicted molar refractivity (Wildman–Crippen MR) is 143 cm³/mol. The molecule has 0 unspecified atom stereocenters. The van der Waals surface area contributed by atoms with Gasteiger partial charge in [-0.25, -0.2) is 4.79 Å². The maximum absolute atomic E-state index is 12.8. The second-order valence-electron chi connectivity index (χ2n) is 9.82. The maximum atomic E-state index is 12.8. The molecule has 2 aromatic carbocycles. The van der Waals surface area contributed by atoms with E-state index in [0.29, 0.717) is 30.8 Å². The van der Waals surface area contributed by atoms with Gasteiger partial charge >= 0.3 is 5.97 Å². The molecule has 1 aliphatic heterocycles. The molecular weight excluding hydrogens is 484 g/mol. The van der Waals surface area contributed by atoms with Crippen molar-refractivity contribution in [2.75, 3.05) is 14.2 Å². The Kier molecular flexibility index (Phi) is 8.49. The number of esters is 1. The maximum Gasteiger partial charge on any atom is 0.334 e. The first-order valence-corrected chi connectivity index (χ1v) is 12.5. The first-order chi connectivity index (χ1) is 18.2. The summed E-state index contributed by atoms with van der Waals surface area (Å²) in [5.74, 6) is 0.384. The molecule has 7 nitrogen and oxygen atoms in total. The number of fused-ring (bicyclic) bond motifs is 1. The van der Waals surface area contributed by atoms with E-state index in [1.54, 1.807) is 33.3 Å². The molecule has 0 radical (unpaired) electrons. The fraction of sp³-hybridized carbons (Fsp3) is 0.355. The molecule has 0 saturated carbocycles. The molecule has 0 bridgehead atoms. The number of benzene rings is 2. The van der Waals surface area contributed by atoms with Crippen LogP contribution < -0.4 is 9.47 Å². The summed E-state index contributed by atoms with van der Waals surface area (Å²) in [6.07, 6.45) is 4.22. The van der Waals surface area contributed by atoms with Crippen LogP contribution in [0.4, 0.5) is 0 Å². The van der Waals surface area contributed by atoms with Crippen molar-refractivity contribution in [2.24, 2.45) is 5.92 Å². The van der Waals surface area contributed by atoms with Crippen LogP contribution >= 0.6 is 0 Å². The first-order valence-electron chi connectivity index (χ1n) is 12.5. The zero-order valence-corrected chi connectivity index (χ0v) is 22.3. The van der Waals surface area contributed by atoms with Crippen molar-refractivity contribution in [1.29, 1.82) is 0 Å². The molecule has 200 valence electrons. The lowest BCUT2D eigenvalue weighted by Crippen LogP contribution is -2.40. The van der Waals surface area contributed by atoms with E-state index >= 15 is 0 Å². The SMILES string of the molecule is C=C1C(=O)O[C@@H]2/C=C(/C)C(=O)/C=C/[C@](C)(OCc3ccc(OC)cc3)C[C@@H](OCc3ccc(OC)cc3)[C@@H]12. The van der Waals surface area contributed by atoms with E-state index in [0.717, 1.165) is 22.6 Å². The van der Waals surface area contributed by atoms with Crippen LogP contribution in [0, 0.1) is 5.92 Å². The van der Waals surface area contributed by atoms with Gasteiger partial charge in [0.25, 0.3) is 0 Å². The number of rotatable bonds is 8. The lowest BCUT2D eigenvalue weighted by atomic mass is 9.82. The van der Waals surface area contributed by atoms with E-state index < -0.39 is 29.7 Å². The van der Waals surface area contributed by atoms with Crippen molar-refractivity contribution in [3.8, 4) is 11.5 Å². The molecule has 1 saturated heterocycles. The van der Waals surface area contributed by atoms with Crippen molar-refractivity contribution in [3.63, 3.8) is 0 Å². The van der Waals surface area contributed by atoms with Crippen molar-refractivity contribution >= 4 is 11.8 Å². The fourth-order valence-corrected chi connectivity index (χ4v) is 4.65. The van der Waals surface area contributed by atoms with Gasteiger partial charge in [0.1, 0.15) is 17.6 Å². The molecule has 38 heavy (non-hydrogen) atoms. The number of ether oxygens (including phenoxy) is 5. The van der Waals surface area contributed by atoms with Gasteiger partial charge in [-0.3, -0.25) is 4.79 Å². The number of carbonyl (C=O) groups excluding carboxylic acids is 2. The summed E-state index contributed by atoms with van der Waals surface area (Å²) in [5.41, 5.74) is 1.83. The highest BCUT2D eigenvalue weighted by Crippen LogP contribution is 2.38. The van der Waals surface area contributed by atoms with Gasteiger partial charge in [0, 0.05) is 12.0 Å². The molecule has 7 heteroatoms. The van der Waals surface area contributed by atoms with Gasteiger partial charge in [-0.1, -0.05) is 30.8 Å². The molecule has 1 aliphatic carbocycles. The molecule has 4 rings (SSSR count). The topological polar surface area (TPSA) is 80.3 Å². The molecule has 0 amide bonds. The van der Waals surface area contributed by atoms with Crippen LogP contribution in [0.5, 0.6) is 11.5 Å². The normalized spacial score (nSPS) is 27.6. The third-order valence-corrected chi connectivity index (χ3v) is 7.01. The number of hydrogen-bond donors (Lipinski definition) is 0. The summed E-state index contributed by atoms with van der Waals surface area (Å²) >= 11 is 0. The molecule has 2 aromatic rings. The summed E-state index contributed by atoms with van der Waals surface area (Å²) in [5, 5.41) is 0. The Bertz CT molecular complexity index is 1230. The van der Waals surface area contributed by atoms with Crippen molar-refractivity contribution in [2.45, 2.75) is 51.3 Å². The molecule has 1 heterocycles. The largest absolute Gasteiger partial charge is 0.497 e. The van der Waals surface area contributed by atoms with Crippen LogP contribution in [0.1, 0.15) is 31.4 Å². The zero-order chi connectivity index (χ0) is 27.3. The first kappa shape index (κ1) is 27.4. The number of methoxy groups -OCH3 is 2. The van der Waals surface area contributed by atoms with Crippen molar-refractivity contribution in [1.82, 2.24) is 0 Å². The number of carbonyl (C=O) groups is 2. The molecule has 0 aromatic heterocycles. The molecule has 4 atom stereocenters. The van der Waals surface area contributed by atoms with Crippen LogP contribution in [0.2, 0.25) is 0 Å². The highest BCUT2D eigenvalue weighted by molar-refractivity contribution is 6.03. The summed E-state index contributed by atoms with van der Waals surface area (Å²) in [6.45, 7) is 8.26. The van der Waals surface area contributed by atoms with Crippen LogP contribution in [-0.2, 0) is 37.0 Å². The molecule has 1 fully saturated rings. The Hall–Kier alpha value is -3.68. The minimum Gasteiger partial charge on any atom is -0.497 e. The van der Waals surface area contributed by atoms with E-state index in [-0.39, 0.29) is 5.78 Å². The highest BCUT2D eigenvalue weighted by atomic mass is 16.6. The number of hydrogen-bond acceptors (Lipinski definition) is 7. The van der Waals surface area contributed by atoms with Gasteiger partial charge in [-0.2, -0.15) is 0 Å². The monoisotopic (exact) mass is 518 g/mol. The summed E-state index contributed by atoms with van der Waals surface area (Å²) in [7, 11) is 3.24. The quantitative estimate of drug-likeness (QED) is 0.354. The average Bonchev–Trinajstić information content (AvgIpc) is 3.21. The molecule has 0 spiro atoms. The molecule has 0 N–H and O–H groups in total. The lowest BCUT2D eigenvalue weighted by Gasteiger charge is -2.35. The van der Waals surface area contributed by atoms with Gasteiger partial charge in [0.15, 0.2) is 5.78 Å². The van der Waals surface area contributed by atoms with Crippen LogP contribution in [0.25, 0.3) is 0 Å². The standard InChI is InChI=1S/C31H34O7/c1-20-16-27-29(21(2)30(33)38-27)28(36-18-22-6-10-24(34-4)11-7-22)17-31(3,15-14-26(20)32)37-19-23-8-12-25(35-5)13-9-23/h6-16,27-29H,2,17-19H2,1,3-5H3/b15-14+,20-16-/t27-,28-,29+,31+/m1/s1. The Morgan fingerprint density at radius 2 is 1.53 bits per heavy atom. The van der Waals surface area contributed by atoms with E-state index in [1.807, 2.05) is 55.5 Å². The van der Waals surface area contributed by atoms with E-state index in [1.165, 1.54) is 6.08 Å². The van der Waals surface area contributed by atoms with Gasteiger partial charge in [0.2, 0.25) is 0 Å². The van der Waals surface area contributed by atoms with E-state index in [9.17, 15) is 9.59 Å². The zero-order valence-electron chi connectivity index (χ0n) is 22.3. The predicted octanol–water partition coefficient (Wildman–Crippen LogP) is 5.14. The van der Waals surface area contributed by atoms with Gasteiger partial charge < -0.3 is 23.7 Å². The Morgan fingerprint density at radius 1 is 0.947 bits per heavy atom. The summed E-state index contributed by atoms with van der Waals surface area (Å²) < 4.78 is 29.0. The van der Waals surface area contributed by atoms with Crippen LogP contribution in [0.15, 0.2) is 84.5 Å². The van der Waals surface area contributed by atoms with Crippen LogP contribution in [-0.4, -0.2) is 43.8 Å². The van der Waals surface area contributed by atoms with Gasteiger partial charge in [-0.15, -0.1) is 0 Å². The van der Waals surface area contributed by atoms with Crippen molar-refractivity contribution < 1.29 is 33.3 Å². The lowest BCUT2D eigenvalue weighted by molar-refractivity contribution is -0.138. The summed E-state index contributed by atoms with van der Waals surface area (Å²) in [6, 6.07) is 15.2. The van der Waals surface area contributed by atoms with Crippen LogP contribution in [0.3, 0.4) is 0 Å². The Balaban J connectivity index is 1.63. The average molecular weight is 519 g/mol. The third kappa shape index (κ3) is 6.41. The Morgan fingerprint density at radius 3 is 2.11 bits per heavy atom. The van der Waals surface area contributed by atoms with E-state index in [2.05, 4.69) is 6.58 Å². The highest BCUT2D eigenvalue weighted by Gasteiger charge is 2.45. The number of allylic oxidation sites excluding steroid dienone is 2. The van der Waals surface area contributed by atoms with Gasteiger partial charge in [0.05, 0.1) is 45.1 Å². The summed E-state index contributed by atoms with van der Waals surface area (Å²) in [4.78, 5) is 25.4. The second kappa shape index (κ2) is 11.8. The van der Waals surface area contributed by atoms with Crippen molar-refractivity contribution in [3.05, 3.63) is 95.6 Å². The second-order valence-corrected chi connectivity index (χ2v) is 9.82. The van der Waals surface area contributed by atoms with E-state index in [4.69, 9.17) is 23.7 Å². The molecular formula is C31H34O7. The fourth-order valence-electron chi connectivity index (χ4n) is 4.65. The minimum atomic E-state index is -0.881. The smallest absolute Gasteiger partial charge is 0.334 e. The minimum absolute atomic E-state index is 0.172. The molecule has 2 aliphatic rings. The third-order valence-electron chi connectivity index (χ3n) is 7.01. The van der Waals surface area contributed by atoms with Gasteiger partial charge in [-0.05, 0) is 73.0 Å². The Labute approximate surface area is 223 Å². The number of ketones is 1.